The monoisotopic (exact) mass is 557 g/mol. The van der Waals surface area contributed by atoms with Crippen LogP contribution in [0.3, 0.4) is 0 Å². The van der Waals surface area contributed by atoms with Crippen LogP contribution in [0.4, 0.5) is 0 Å². The molecule has 41 heavy (non-hydrogen) atoms. The molecule has 0 N–H and O–H groups in total. The van der Waals surface area contributed by atoms with Gasteiger partial charge in [0.05, 0.1) is 19.5 Å². The van der Waals surface area contributed by atoms with E-state index in [1.807, 2.05) is 0 Å². The summed E-state index contributed by atoms with van der Waals surface area (Å²) in [7, 11) is 0. The second kappa shape index (κ2) is 20.5. The molecule has 3 aromatic rings. The Morgan fingerprint density at radius 1 is 0.610 bits per heavy atom. The highest BCUT2D eigenvalue weighted by atomic mass is 15.2. The lowest BCUT2D eigenvalue weighted by atomic mass is 9.96. The van der Waals surface area contributed by atoms with Gasteiger partial charge in [-0.25, -0.2) is 9.13 Å². The Labute approximate surface area is 253 Å². The molecule has 0 fully saturated rings. The standard InChI is InChI=1S/C39H61N2/c1-4-6-8-10-12-13-14-15-16-24-30-40-34-38(32-35(3)37-28-22-19-23-29-37)41(31-25-17-11-9-7-5-2)39(40)33-36-26-20-18-21-27-36/h18-23,26-29,34-35H,4-17,24-25,30-33H2,1-3H3/q+1. The van der Waals surface area contributed by atoms with E-state index in [1.165, 1.54) is 125 Å². The normalized spacial score (nSPS) is 12.2. The van der Waals surface area contributed by atoms with Crippen LogP contribution >= 0.6 is 0 Å². The number of unbranched alkanes of at least 4 members (excludes halogenated alkanes) is 14. The number of aryl methyl sites for hydroxylation is 1. The van der Waals surface area contributed by atoms with Crippen LogP contribution in [-0.2, 0) is 25.9 Å². The topological polar surface area (TPSA) is 8.81 Å². The number of hydrogen-bond donors (Lipinski definition) is 0. The highest BCUT2D eigenvalue weighted by Gasteiger charge is 2.25. The number of nitrogens with zero attached hydrogens (tertiary/aromatic N) is 2. The van der Waals surface area contributed by atoms with E-state index in [1.54, 1.807) is 0 Å². The lowest BCUT2D eigenvalue weighted by Gasteiger charge is -2.12. The molecule has 2 heteroatoms. The molecule has 0 radical (unpaired) electrons. The van der Waals surface area contributed by atoms with E-state index in [-0.39, 0.29) is 0 Å². The van der Waals surface area contributed by atoms with Gasteiger partial charge in [-0.1, -0.05) is 158 Å². The Hall–Kier alpha value is -2.35. The first-order chi connectivity index (χ1) is 20.2. The van der Waals surface area contributed by atoms with Crippen LogP contribution in [0.25, 0.3) is 0 Å². The Morgan fingerprint density at radius 3 is 1.71 bits per heavy atom. The average molecular weight is 558 g/mol. The minimum Gasteiger partial charge on any atom is -0.234 e. The summed E-state index contributed by atoms with van der Waals surface area (Å²) in [4.78, 5) is 0. The van der Waals surface area contributed by atoms with Gasteiger partial charge in [-0.3, -0.25) is 0 Å². The summed E-state index contributed by atoms with van der Waals surface area (Å²) < 4.78 is 5.37. The fourth-order valence-corrected chi connectivity index (χ4v) is 6.28. The van der Waals surface area contributed by atoms with Gasteiger partial charge in [0.25, 0.3) is 5.82 Å². The third kappa shape index (κ3) is 12.6. The third-order valence-corrected chi connectivity index (χ3v) is 8.87. The summed E-state index contributed by atoms with van der Waals surface area (Å²) in [5.41, 5.74) is 4.40. The summed E-state index contributed by atoms with van der Waals surface area (Å²) >= 11 is 0. The number of imidazole rings is 1. The largest absolute Gasteiger partial charge is 0.261 e. The van der Waals surface area contributed by atoms with Gasteiger partial charge in [0, 0.05) is 6.42 Å². The lowest BCUT2D eigenvalue weighted by molar-refractivity contribution is -0.704. The first kappa shape index (κ1) is 33.2. The number of benzene rings is 2. The molecule has 2 aromatic carbocycles. The molecular formula is C39H61N2+. The van der Waals surface area contributed by atoms with Gasteiger partial charge < -0.3 is 0 Å². The molecule has 1 unspecified atom stereocenters. The number of hydrogen-bond acceptors (Lipinski definition) is 0. The van der Waals surface area contributed by atoms with Gasteiger partial charge in [-0.15, -0.1) is 0 Å². The third-order valence-electron chi connectivity index (χ3n) is 8.87. The van der Waals surface area contributed by atoms with Gasteiger partial charge in [-0.05, 0) is 42.7 Å². The Balaban J connectivity index is 1.70. The summed E-state index contributed by atoms with van der Waals surface area (Å²) in [6, 6.07) is 22.3. The molecule has 0 spiro atoms. The summed E-state index contributed by atoms with van der Waals surface area (Å²) in [6.45, 7) is 9.31. The van der Waals surface area contributed by atoms with Crippen molar-refractivity contribution in [3.05, 3.63) is 89.5 Å². The second-order valence-corrected chi connectivity index (χ2v) is 12.5. The fraction of sp³-hybridized carbons (Fsp3) is 0.615. The zero-order valence-electron chi connectivity index (χ0n) is 27.0. The molecule has 0 saturated heterocycles. The molecule has 0 aliphatic heterocycles. The van der Waals surface area contributed by atoms with Crippen molar-refractivity contribution in [2.45, 2.75) is 155 Å². The highest BCUT2D eigenvalue weighted by molar-refractivity contribution is 5.22. The number of aromatic nitrogens is 2. The zero-order valence-corrected chi connectivity index (χ0v) is 27.0. The summed E-state index contributed by atoms with van der Waals surface area (Å²) in [6.07, 6.45) is 26.6. The average Bonchev–Trinajstić information content (AvgIpc) is 3.31. The van der Waals surface area contributed by atoms with Gasteiger partial charge in [0.15, 0.2) is 0 Å². The van der Waals surface area contributed by atoms with E-state index in [9.17, 15) is 0 Å². The lowest BCUT2D eigenvalue weighted by Crippen LogP contribution is -2.37. The van der Waals surface area contributed by atoms with E-state index >= 15 is 0 Å². The molecular weight excluding hydrogens is 496 g/mol. The molecule has 0 aliphatic carbocycles. The molecule has 0 saturated carbocycles. The van der Waals surface area contributed by atoms with Crippen LogP contribution in [0.1, 0.15) is 152 Å². The molecule has 0 bridgehead atoms. The second-order valence-electron chi connectivity index (χ2n) is 12.5. The molecule has 1 atom stereocenters. The maximum atomic E-state index is 2.72. The maximum absolute atomic E-state index is 2.72. The van der Waals surface area contributed by atoms with Crippen molar-refractivity contribution in [3.8, 4) is 0 Å². The molecule has 1 heterocycles. The van der Waals surface area contributed by atoms with E-state index in [0.29, 0.717) is 5.92 Å². The van der Waals surface area contributed by atoms with Crippen molar-refractivity contribution < 1.29 is 4.57 Å². The minimum absolute atomic E-state index is 0.518. The van der Waals surface area contributed by atoms with Crippen LogP contribution in [0.2, 0.25) is 0 Å². The Bertz CT molecular complexity index is 1040. The van der Waals surface area contributed by atoms with Crippen molar-refractivity contribution in [3.63, 3.8) is 0 Å². The van der Waals surface area contributed by atoms with Crippen molar-refractivity contribution in [2.75, 3.05) is 0 Å². The molecule has 226 valence electrons. The Morgan fingerprint density at radius 2 is 1.12 bits per heavy atom. The van der Waals surface area contributed by atoms with Crippen LogP contribution in [0.15, 0.2) is 66.9 Å². The number of rotatable bonds is 23. The minimum atomic E-state index is 0.518. The van der Waals surface area contributed by atoms with Gasteiger partial charge in [0.1, 0.15) is 11.9 Å². The van der Waals surface area contributed by atoms with Crippen LogP contribution in [-0.4, -0.2) is 4.57 Å². The van der Waals surface area contributed by atoms with Crippen LogP contribution in [0.5, 0.6) is 0 Å². The van der Waals surface area contributed by atoms with E-state index in [4.69, 9.17) is 0 Å². The molecule has 0 amide bonds. The van der Waals surface area contributed by atoms with Crippen molar-refractivity contribution in [2.24, 2.45) is 0 Å². The first-order valence-electron chi connectivity index (χ1n) is 17.4. The Kier molecular flexibility index (Phi) is 16.6. The fourth-order valence-electron chi connectivity index (χ4n) is 6.28. The van der Waals surface area contributed by atoms with Gasteiger partial charge in [-0.2, -0.15) is 0 Å². The van der Waals surface area contributed by atoms with E-state index < -0.39 is 0 Å². The predicted octanol–water partition coefficient (Wildman–Crippen LogP) is 11.0. The molecule has 2 nitrogen and oxygen atoms in total. The summed E-state index contributed by atoms with van der Waals surface area (Å²) in [5, 5.41) is 0. The first-order valence-corrected chi connectivity index (χ1v) is 17.4. The summed E-state index contributed by atoms with van der Waals surface area (Å²) in [5.74, 6) is 2.03. The zero-order chi connectivity index (χ0) is 29.0. The van der Waals surface area contributed by atoms with Gasteiger partial charge >= 0.3 is 0 Å². The van der Waals surface area contributed by atoms with Crippen LogP contribution < -0.4 is 4.57 Å². The predicted molar refractivity (Wildman–Crippen MR) is 178 cm³/mol. The molecule has 0 aliphatic rings. The quantitative estimate of drug-likeness (QED) is 0.0810. The van der Waals surface area contributed by atoms with E-state index in [2.05, 4.69) is 96.8 Å². The van der Waals surface area contributed by atoms with Crippen molar-refractivity contribution in [1.82, 2.24) is 4.57 Å². The van der Waals surface area contributed by atoms with Crippen LogP contribution in [0, 0.1) is 0 Å². The van der Waals surface area contributed by atoms with Crippen molar-refractivity contribution in [1.29, 1.82) is 0 Å². The molecule has 1 aromatic heterocycles. The highest BCUT2D eigenvalue weighted by Crippen LogP contribution is 2.23. The maximum Gasteiger partial charge on any atom is 0.261 e. The van der Waals surface area contributed by atoms with E-state index in [0.717, 1.165) is 25.9 Å². The van der Waals surface area contributed by atoms with Gasteiger partial charge in [0.2, 0.25) is 0 Å². The van der Waals surface area contributed by atoms with Crippen molar-refractivity contribution >= 4 is 0 Å². The molecule has 3 rings (SSSR count). The SMILES string of the molecule is CCCCCCCCCCCC[n+]1cc(CC(C)c2ccccc2)n(CCCCCCCC)c1Cc1ccccc1. The smallest absolute Gasteiger partial charge is 0.234 e.